The number of aromatic nitrogens is 1. The number of hydrogen-bond donors (Lipinski definition) is 2. The molecule has 6 nitrogen and oxygen atoms in total. The highest BCUT2D eigenvalue weighted by atomic mass is 16.5. The molecule has 0 aliphatic carbocycles. The number of carbonyl (C=O) groups is 1. The molecule has 1 amide bonds. The number of morpholine rings is 1. The fourth-order valence-corrected chi connectivity index (χ4v) is 2.52. The van der Waals surface area contributed by atoms with Gasteiger partial charge in [0.1, 0.15) is 5.69 Å². The van der Waals surface area contributed by atoms with Crippen molar-refractivity contribution in [3.05, 3.63) is 24.0 Å². The molecule has 1 aliphatic rings. The van der Waals surface area contributed by atoms with Gasteiger partial charge in [0.05, 0.1) is 13.2 Å². The Balaban J connectivity index is 1.72. The molecular formula is C17H28N4O2. The first-order valence-electron chi connectivity index (χ1n) is 8.58. The SMILES string of the molecule is CCCCCNc1ccnc(C(=O)NCCN2CCOCC2)c1. The molecule has 1 saturated heterocycles. The third kappa shape index (κ3) is 6.54. The number of amides is 1. The maximum Gasteiger partial charge on any atom is 0.269 e. The van der Waals surface area contributed by atoms with E-state index in [1.165, 1.54) is 12.8 Å². The van der Waals surface area contributed by atoms with Crippen LogP contribution < -0.4 is 10.6 Å². The van der Waals surface area contributed by atoms with Gasteiger partial charge in [0.2, 0.25) is 0 Å². The van der Waals surface area contributed by atoms with Crippen LogP contribution >= 0.6 is 0 Å². The van der Waals surface area contributed by atoms with Gasteiger partial charge >= 0.3 is 0 Å². The Bertz CT molecular complexity index is 475. The van der Waals surface area contributed by atoms with Crippen LogP contribution in [-0.4, -0.2) is 61.7 Å². The lowest BCUT2D eigenvalue weighted by atomic mass is 10.2. The molecule has 2 heterocycles. The molecule has 1 aromatic rings. The first-order chi connectivity index (χ1) is 11.3. The van der Waals surface area contributed by atoms with Crippen LogP contribution in [0.25, 0.3) is 0 Å². The number of unbranched alkanes of at least 4 members (excludes halogenated alkanes) is 2. The Hall–Kier alpha value is -1.66. The lowest BCUT2D eigenvalue weighted by molar-refractivity contribution is 0.0383. The third-order valence-corrected chi connectivity index (χ3v) is 3.92. The van der Waals surface area contributed by atoms with Crippen molar-refractivity contribution in [2.45, 2.75) is 26.2 Å². The average molecular weight is 320 g/mol. The van der Waals surface area contributed by atoms with Crippen molar-refractivity contribution in [2.24, 2.45) is 0 Å². The highest BCUT2D eigenvalue weighted by Gasteiger charge is 2.11. The van der Waals surface area contributed by atoms with Gasteiger partial charge < -0.3 is 15.4 Å². The van der Waals surface area contributed by atoms with Crippen LogP contribution in [-0.2, 0) is 4.74 Å². The van der Waals surface area contributed by atoms with Gasteiger partial charge in [0.15, 0.2) is 0 Å². The number of rotatable bonds is 9. The van der Waals surface area contributed by atoms with Gasteiger partial charge in [-0.3, -0.25) is 14.7 Å². The lowest BCUT2D eigenvalue weighted by Gasteiger charge is -2.26. The molecule has 0 aromatic carbocycles. The van der Waals surface area contributed by atoms with Crippen LogP contribution in [0.1, 0.15) is 36.7 Å². The van der Waals surface area contributed by atoms with E-state index in [-0.39, 0.29) is 5.91 Å². The highest BCUT2D eigenvalue weighted by molar-refractivity contribution is 5.93. The zero-order valence-corrected chi connectivity index (χ0v) is 14.0. The molecule has 0 radical (unpaired) electrons. The van der Waals surface area contributed by atoms with E-state index in [0.717, 1.165) is 51.5 Å². The van der Waals surface area contributed by atoms with Crippen molar-refractivity contribution in [3.63, 3.8) is 0 Å². The Morgan fingerprint density at radius 1 is 1.30 bits per heavy atom. The summed E-state index contributed by atoms with van der Waals surface area (Å²) >= 11 is 0. The number of anilines is 1. The second-order valence-corrected chi connectivity index (χ2v) is 5.77. The normalized spacial score (nSPS) is 15.3. The summed E-state index contributed by atoms with van der Waals surface area (Å²) in [7, 11) is 0. The quantitative estimate of drug-likeness (QED) is 0.679. The Morgan fingerprint density at radius 3 is 2.91 bits per heavy atom. The van der Waals surface area contributed by atoms with Gasteiger partial charge in [-0.2, -0.15) is 0 Å². The number of hydrogen-bond acceptors (Lipinski definition) is 5. The number of carbonyl (C=O) groups excluding carboxylic acids is 1. The predicted molar refractivity (Wildman–Crippen MR) is 91.8 cm³/mol. The van der Waals surface area contributed by atoms with Crippen LogP contribution in [0.2, 0.25) is 0 Å². The topological polar surface area (TPSA) is 66.5 Å². The van der Waals surface area contributed by atoms with Gasteiger partial charge in [-0.05, 0) is 18.6 Å². The van der Waals surface area contributed by atoms with Crippen molar-refractivity contribution in [1.82, 2.24) is 15.2 Å². The number of nitrogens with one attached hydrogen (secondary N) is 2. The van der Waals surface area contributed by atoms with E-state index in [2.05, 4.69) is 27.4 Å². The minimum Gasteiger partial charge on any atom is -0.385 e. The third-order valence-electron chi connectivity index (χ3n) is 3.92. The fourth-order valence-electron chi connectivity index (χ4n) is 2.52. The molecule has 1 fully saturated rings. The Kier molecular flexibility index (Phi) is 7.83. The Morgan fingerprint density at radius 2 is 2.13 bits per heavy atom. The predicted octanol–water partition coefficient (Wildman–Crippen LogP) is 1.75. The first kappa shape index (κ1) is 17.7. The molecule has 0 spiro atoms. The molecule has 1 aromatic heterocycles. The second kappa shape index (κ2) is 10.2. The van der Waals surface area contributed by atoms with Gasteiger partial charge in [-0.1, -0.05) is 19.8 Å². The van der Waals surface area contributed by atoms with E-state index in [4.69, 9.17) is 4.74 Å². The van der Waals surface area contributed by atoms with E-state index in [1.807, 2.05) is 12.1 Å². The molecule has 0 unspecified atom stereocenters. The van der Waals surface area contributed by atoms with E-state index < -0.39 is 0 Å². The van der Waals surface area contributed by atoms with E-state index in [0.29, 0.717) is 12.2 Å². The van der Waals surface area contributed by atoms with Crippen LogP contribution in [0.4, 0.5) is 5.69 Å². The molecule has 0 saturated carbocycles. The Labute approximate surface area is 138 Å². The van der Waals surface area contributed by atoms with E-state index in [9.17, 15) is 4.79 Å². The summed E-state index contributed by atoms with van der Waals surface area (Å²) in [5.74, 6) is -0.115. The van der Waals surface area contributed by atoms with Gasteiger partial charge in [0.25, 0.3) is 5.91 Å². The van der Waals surface area contributed by atoms with Crippen LogP contribution in [0.3, 0.4) is 0 Å². The summed E-state index contributed by atoms with van der Waals surface area (Å²) in [5.41, 5.74) is 1.42. The van der Waals surface area contributed by atoms with Crippen molar-refractivity contribution in [1.29, 1.82) is 0 Å². The summed E-state index contributed by atoms with van der Waals surface area (Å²) < 4.78 is 5.31. The van der Waals surface area contributed by atoms with Gasteiger partial charge in [0, 0.05) is 44.6 Å². The number of nitrogens with zero attached hydrogens (tertiary/aromatic N) is 2. The monoisotopic (exact) mass is 320 g/mol. The molecule has 2 rings (SSSR count). The van der Waals surface area contributed by atoms with Crippen LogP contribution in [0.15, 0.2) is 18.3 Å². The van der Waals surface area contributed by atoms with Crippen molar-refractivity contribution < 1.29 is 9.53 Å². The molecule has 0 atom stereocenters. The fraction of sp³-hybridized carbons (Fsp3) is 0.647. The number of ether oxygens (including phenoxy) is 1. The standard InChI is InChI=1S/C17H28N4O2/c1-2-3-4-6-18-15-5-7-19-16(14-15)17(22)20-8-9-21-10-12-23-13-11-21/h5,7,14H,2-4,6,8-13H2,1H3,(H,18,19)(H,20,22). The molecular weight excluding hydrogens is 292 g/mol. The summed E-state index contributed by atoms with van der Waals surface area (Å²) in [5, 5.41) is 6.28. The molecule has 23 heavy (non-hydrogen) atoms. The molecule has 6 heteroatoms. The van der Waals surface area contributed by atoms with Crippen molar-refractivity contribution >= 4 is 11.6 Å². The first-order valence-corrected chi connectivity index (χ1v) is 8.58. The minimum atomic E-state index is -0.115. The largest absolute Gasteiger partial charge is 0.385 e. The lowest BCUT2D eigenvalue weighted by Crippen LogP contribution is -2.41. The molecule has 0 bridgehead atoms. The zero-order chi connectivity index (χ0) is 16.3. The van der Waals surface area contributed by atoms with Crippen molar-refractivity contribution in [2.75, 3.05) is 51.3 Å². The van der Waals surface area contributed by atoms with E-state index >= 15 is 0 Å². The van der Waals surface area contributed by atoms with Crippen LogP contribution in [0.5, 0.6) is 0 Å². The summed E-state index contributed by atoms with van der Waals surface area (Å²) in [6.07, 6.45) is 5.24. The van der Waals surface area contributed by atoms with Crippen LogP contribution in [0, 0.1) is 0 Å². The smallest absolute Gasteiger partial charge is 0.269 e. The second-order valence-electron chi connectivity index (χ2n) is 5.77. The average Bonchev–Trinajstić information content (AvgIpc) is 2.60. The minimum absolute atomic E-state index is 0.115. The molecule has 2 N–H and O–H groups in total. The summed E-state index contributed by atoms with van der Waals surface area (Å²) in [4.78, 5) is 18.6. The maximum absolute atomic E-state index is 12.2. The van der Waals surface area contributed by atoms with Gasteiger partial charge in [-0.15, -0.1) is 0 Å². The number of pyridine rings is 1. The van der Waals surface area contributed by atoms with E-state index in [1.54, 1.807) is 6.20 Å². The molecule has 128 valence electrons. The van der Waals surface area contributed by atoms with Gasteiger partial charge in [-0.25, -0.2) is 0 Å². The van der Waals surface area contributed by atoms with Crippen molar-refractivity contribution in [3.8, 4) is 0 Å². The summed E-state index contributed by atoms with van der Waals surface area (Å²) in [6.45, 7) is 8.03. The molecule has 1 aliphatic heterocycles. The maximum atomic E-state index is 12.2. The zero-order valence-electron chi connectivity index (χ0n) is 14.0. The highest BCUT2D eigenvalue weighted by Crippen LogP contribution is 2.08. The summed E-state index contributed by atoms with van der Waals surface area (Å²) in [6, 6.07) is 3.71.